The molecule has 0 aromatic heterocycles. The zero-order chi connectivity index (χ0) is 11.2. The summed E-state index contributed by atoms with van der Waals surface area (Å²) in [5.41, 5.74) is 2.99. The maximum Gasteiger partial charge on any atom is 0.0499 e. The van der Waals surface area contributed by atoms with E-state index in [1.807, 2.05) is 11.8 Å². The summed E-state index contributed by atoms with van der Waals surface area (Å²) >= 11 is 2.04. The Bertz CT molecular complexity index is 688. The van der Waals surface area contributed by atoms with Crippen LogP contribution in [-0.4, -0.2) is 10.5 Å². The van der Waals surface area contributed by atoms with Crippen molar-refractivity contribution in [2.75, 3.05) is 0 Å². The third-order valence-corrected chi connectivity index (χ3v) is 4.94. The molecular weight excluding hydrogens is 224 g/mol. The van der Waals surface area contributed by atoms with Crippen molar-refractivity contribution in [1.82, 2.24) is 0 Å². The van der Waals surface area contributed by atoms with Gasteiger partial charge in [0.25, 0.3) is 0 Å². The number of fused-ring (bicyclic) bond motifs is 3. The van der Waals surface area contributed by atoms with E-state index in [1.54, 1.807) is 0 Å². The number of benzene rings is 1. The fraction of sp³-hybridized carbons (Fsp3) is 0.125. The Morgan fingerprint density at radius 2 is 1.76 bits per heavy atom. The molecule has 17 heavy (non-hydrogen) atoms. The van der Waals surface area contributed by atoms with Crippen LogP contribution in [0, 0.1) is 0 Å². The van der Waals surface area contributed by atoms with Crippen LogP contribution in [0.1, 0.15) is 0 Å². The third-order valence-electron chi connectivity index (χ3n) is 3.55. The number of thioether (sulfide) groups is 1. The number of hydrogen-bond donors (Lipinski definition) is 0. The summed E-state index contributed by atoms with van der Waals surface area (Å²) in [5, 5.41) is 3.83. The topological polar surface area (TPSA) is 0 Å². The molecule has 0 nitrogen and oxygen atoms in total. The van der Waals surface area contributed by atoms with Gasteiger partial charge >= 0.3 is 0 Å². The Balaban J connectivity index is 1.99. The maximum atomic E-state index is 2.41. The zero-order valence-corrected chi connectivity index (χ0v) is 10.2. The normalized spacial score (nSPS) is 28.0. The predicted molar refractivity (Wildman–Crippen MR) is 75.1 cm³/mol. The van der Waals surface area contributed by atoms with E-state index in [1.165, 1.54) is 21.6 Å². The lowest BCUT2D eigenvalue weighted by Gasteiger charge is -2.11. The van der Waals surface area contributed by atoms with Gasteiger partial charge in [-0.15, -0.1) is 11.8 Å². The summed E-state index contributed by atoms with van der Waals surface area (Å²) in [6.07, 6.45) is 13.7. The molecule has 1 heterocycles. The minimum Gasteiger partial charge on any atom is -0.137 e. The van der Waals surface area contributed by atoms with Crippen molar-refractivity contribution in [3.63, 3.8) is 0 Å². The van der Waals surface area contributed by atoms with Gasteiger partial charge in [0.15, 0.2) is 0 Å². The first-order valence-electron chi connectivity index (χ1n) is 5.95. The van der Waals surface area contributed by atoms with Crippen LogP contribution in [0.4, 0.5) is 0 Å². The first-order chi connectivity index (χ1) is 8.42. The van der Waals surface area contributed by atoms with Gasteiger partial charge < -0.3 is 0 Å². The molecule has 3 aliphatic rings. The average molecular weight is 236 g/mol. The smallest absolute Gasteiger partial charge is 0.0499 e. The van der Waals surface area contributed by atoms with Gasteiger partial charge in [0.05, 0.1) is 0 Å². The molecule has 1 heteroatoms. The molecule has 2 unspecified atom stereocenters. The van der Waals surface area contributed by atoms with E-state index in [0.717, 1.165) is 0 Å². The highest BCUT2D eigenvalue weighted by Gasteiger charge is 2.30. The average Bonchev–Trinajstić information content (AvgIpc) is 2.73. The van der Waals surface area contributed by atoms with E-state index < -0.39 is 0 Å². The monoisotopic (exact) mass is 236 g/mol. The molecule has 1 aromatic rings. The van der Waals surface area contributed by atoms with Gasteiger partial charge in [0, 0.05) is 10.5 Å². The summed E-state index contributed by atoms with van der Waals surface area (Å²) in [4.78, 5) is 0. The Morgan fingerprint density at radius 3 is 2.71 bits per heavy atom. The van der Waals surface area contributed by atoms with Crippen molar-refractivity contribution in [3.05, 3.63) is 70.2 Å². The summed E-state index contributed by atoms with van der Waals surface area (Å²) in [7, 11) is 0. The Kier molecular flexibility index (Phi) is 1.97. The molecule has 1 aromatic carbocycles. The molecule has 0 N–H and O–H groups in total. The Hall–Kier alpha value is -1.47. The summed E-state index contributed by atoms with van der Waals surface area (Å²) in [6, 6.07) is 8.65. The maximum absolute atomic E-state index is 2.41. The van der Waals surface area contributed by atoms with Crippen LogP contribution in [0.5, 0.6) is 0 Å². The van der Waals surface area contributed by atoms with Crippen LogP contribution in [0.3, 0.4) is 0 Å². The molecule has 0 saturated carbocycles. The SMILES string of the molecule is C1=CC2=C3C=c4ccccc4=CC3SC2C=C1. The fourth-order valence-electron chi connectivity index (χ4n) is 2.72. The van der Waals surface area contributed by atoms with E-state index in [-0.39, 0.29) is 0 Å². The fourth-order valence-corrected chi connectivity index (χ4v) is 4.15. The minimum absolute atomic E-state index is 0.539. The van der Waals surface area contributed by atoms with Crippen molar-refractivity contribution < 1.29 is 0 Å². The molecule has 1 aliphatic heterocycles. The number of rotatable bonds is 0. The van der Waals surface area contributed by atoms with Crippen molar-refractivity contribution in [2.45, 2.75) is 10.5 Å². The molecule has 82 valence electrons. The van der Waals surface area contributed by atoms with Gasteiger partial charge in [0.1, 0.15) is 0 Å². The number of hydrogen-bond acceptors (Lipinski definition) is 1. The largest absolute Gasteiger partial charge is 0.137 e. The lowest BCUT2D eigenvalue weighted by molar-refractivity contribution is 1.27. The summed E-state index contributed by atoms with van der Waals surface area (Å²) in [5.74, 6) is 0. The minimum atomic E-state index is 0.539. The van der Waals surface area contributed by atoms with Gasteiger partial charge in [-0.3, -0.25) is 0 Å². The molecule has 0 bridgehead atoms. The van der Waals surface area contributed by atoms with Gasteiger partial charge in [-0.1, -0.05) is 54.6 Å². The second-order valence-corrected chi connectivity index (χ2v) is 5.86. The second kappa shape index (κ2) is 3.51. The van der Waals surface area contributed by atoms with Crippen LogP contribution in [0.15, 0.2) is 59.7 Å². The molecule has 2 atom stereocenters. The molecule has 0 amide bonds. The van der Waals surface area contributed by atoms with Crippen molar-refractivity contribution in [1.29, 1.82) is 0 Å². The van der Waals surface area contributed by atoms with Crippen LogP contribution >= 0.6 is 11.8 Å². The van der Waals surface area contributed by atoms with Crippen LogP contribution in [0.2, 0.25) is 0 Å². The highest BCUT2D eigenvalue weighted by atomic mass is 32.2. The summed E-state index contributed by atoms with van der Waals surface area (Å²) < 4.78 is 0. The Labute approximate surface area is 105 Å². The molecule has 2 aliphatic carbocycles. The second-order valence-electron chi connectivity index (χ2n) is 4.57. The molecule has 4 rings (SSSR count). The summed E-state index contributed by atoms with van der Waals surface area (Å²) in [6.45, 7) is 0. The van der Waals surface area contributed by atoms with Crippen LogP contribution in [0.25, 0.3) is 12.2 Å². The van der Waals surface area contributed by atoms with E-state index in [9.17, 15) is 0 Å². The first kappa shape index (κ1) is 9.55. The zero-order valence-electron chi connectivity index (χ0n) is 9.34. The molecule has 0 fully saturated rings. The predicted octanol–water partition coefficient (Wildman–Crippen LogP) is 2.17. The molecular formula is C16H12S. The van der Waals surface area contributed by atoms with Crippen molar-refractivity contribution in [2.24, 2.45) is 0 Å². The van der Waals surface area contributed by atoms with E-state index >= 15 is 0 Å². The quantitative estimate of drug-likeness (QED) is 0.665. The van der Waals surface area contributed by atoms with Gasteiger partial charge in [-0.2, -0.15) is 0 Å². The van der Waals surface area contributed by atoms with Crippen molar-refractivity contribution >= 4 is 23.9 Å². The Morgan fingerprint density at radius 1 is 0.882 bits per heavy atom. The van der Waals surface area contributed by atoms with Crippen molar-refractivity contribution in [3.8, 4) is 0 Å². The van der Waals surface area contributed by atoms with Gasteiger partial charge in [-0.05, 0) is 27.7 Å². The van der Waals surface area contributed by atoms with E-state index in [2.05, 4.69) is 60.7 Å². The van der Waals surface area contributed by atoms with Crippen LogP contribution in [-0.2, 0) is 0 Å². The molecule has 0 saturated heterocycles. The van der Waals surface area contributed by atoms with Gasteiger partial charge in [-0.25, -0.2) is 0 Å². The lowest BCUT2D eigenvalue weighted by atomic mass is 9.94. The highest BCUT2D eigenvalue weighted by Crippen LogP contribution is 2.43. The first-order valence-corrected chi connectivity index (χ1v) is 6.89. The molecule has 0 radical (unpaired) electrons. The number of allylic oxidation sites excluding steroid dienone is 3. The van der Waals surface area contributed by atoms with E-state index in [0.29, 0.717) is 10.5 Å². The highest BCUT2D eigenvalue weighted by molar-refractivity contribution is 8.01. The molecule has 0 spiro atoms. The third kappa shape index (κ3) is 1.39. The standard InChI is InChI=1S/C16H12S/c1-2-6-12-10-16-14(9-11(12)5-1)13-7-3-4-8-15(13)17-16/h1-10,15-16H. The van der Waals surface area contributed by atoms with Crippen LogP contribution < -0.4 is 10.4 Å². The lowest BCUT2D eigenvalue weighted by Crippen LogP contribution is -2.29. The van der Waals surface area contributed by atoms with E-state index in [4.69, 9.17) is 0 Å². The van der Waals surface area contributed by atoms with Gasteiger partial charge in [0.2, 0.25) is 0 Å².